The van der Waals surface area contributed by atoms with E-state index in [2.05, 4.69) is 0 Å². The quantitative estimate of drug-likeness (QED) is 0.637. The highest BCUT2D eigenvalue weighted by atomic mass is 16.4. The highest BCUT2D eigenvalue weighted by Gasteiger charge is 2.13. The van der Waals surface area contributed by atoms with Crippen molar-refractivity contribution in [3.63, 3.8) is 0 Å². The Labute approximate surface area is 67.9 Å². The van der Waals surface area contributed by atoms with Gasteiger partial charge in [0, 0.05) is 5.57 Å². The van der Waals surface area contributed by atoms with E-state index in [1.54, 1.807) is 13.0 Å². The number of carboxylic acid groups (broad SMARTS) is 1. The molecule has 0 aliphatic carbocycles. The third-order valence-electron chi connectivity index (χ3n) is 1.86. The Morgan fingerprint density at radius 3 is 2.27 bits per heavy atom. The van der Waals surface area contributed by atoms with Crippen molar-refractivity contribution in [2.45, 2.75) is 34.1 Å². The predicted molar refractivity (Wildman–Crippen MR) is 45.5 cm³/mol. The summed E-state index contributed by atoms with van der Waals surface area (Å²) in [4.78, 5) is 10.4. The van der Waals surface area contributed by atoms with Crippen molar-refractivity contribution >= 4 is 5.97 Å². The lowest BCUT2D eigenvalue weighted by Crippen LogP contribution is -2.08. The van der Waals surface area contributed by atoms with Crippen LogP contribution in [-0.2, 0) is 4.79 Å². The molecule has 0 fully saturated rings. The van der Waals surface area contributed by atoms with Gasteiger partial charge in [-0.05, 0) is 18.8 Å². The smallest absolute Gasteiger partial charge is 0.330 e. The van der Waals surface area contributed by atoms with Crippen LogP contribution in [0.1, 0.15) is 34.1 Å². The van der Waals surface area contributed by atoms with Crippen molar-refractivity contribution in [2.24, 2.45) is 5.41 Å². The molecule has 0 saturated heterocycles. The second kappa shape index (κ2) is 3.56. The standard InChI is InChI=1S/C9H16O2/c1-5-9(3,4)6-7(2)8(10)11/h6H,5H2,1-4H3,(H,10,11)/b7-6+. The maximum Gasteiger partial charge on any atom is 0.330 e. The average molecular weight is 156 g/mol. The Balaban J connectivity index is 4.41. The van der Waals surface area contributed by atoms with E-state index in [0.29, 0.717) is 5.57 Å². The van der Waals surface area contributed by atoms with Gasteiger partial charge >= 0.3 is 5.97 Å². The summed E-state index contributed by atoms with van der Waals surface area (Å²) in [5.41, 5.74) is 0.430. The van der Waals surface area contributed by atoms with Crippen LogP contribution >= 0.6 is 0 Å². The summed E-state index contributed by atoms with van der Waals surface area (Å²) in [5, 5.41) is 8.57. The molecule has 1 N–H and O–H groups in total. The number of rotatable bonds is 3. The van der Waals surface area contributed by atoms with Crippen LogP contribution in [0.15, 0.2) is 11.6 Å². The number of carboxylic acids is 1. The normalized spacial score (nSPS) is 13.3. The van der Waals surface area contributed by atoms with Crippen LogP contribution in [0, 0.1) is 5.41 Å². The third-order valence-corrected chi connectivity index (χ3v) is 1.86. The molecule has 0 atom stereocenters. The van der Waals surface area contributed by atoms with Gasteiger partial charge in [-0.15, -0.1) is 0 Å². The molecular weight excluding hydrogens is 140 g/mol. The lowest BCUT2D eigenvalue weighted by molar-refractivity contribution is -0.132. The minimum absolute atomic E-state index is 0.00245. The van der Waals surface area contributed by atoms with Crippen LogP contribution in [0.25, 0.3) is 0 Å². The van der Waals surface area contributed by atoms with Crippen molar-refractivity contribution in [2.75, 3.05) is 0 Å². The molecule has 0 unspecified atom stereocenters. The number of carbonyl (C=O) groups is 1. The minimum Gasteiger partial charge on any atom is -0.478 e. The van der Waals surface area contributed by atoms with Gasteiger partial charge in [-0.1, -0.05) is 26.8 Å². The molecule has 0 bridgehead atoms. The largest absolute Gasteiger partial charge is 0.478 e. The van der Waals surface area contributed by atoms with E-state index < -0.39 is 5.97 Å². The van der Waals surface area contributed by atoms with Crippen LogP contribution in [0.3, 0.4) is 0 Å². The number of hydrogen-bond donors (Lipinski definition) is 1. The molecule has 11 heavy (non-hydrogen) atoms. The zero-order chi connectivity index (χ0) is 9.07. The molecule has 0 aliphatic rings. The van der Waals surface area contributed by atoms with Crippen molar-refractivity contribution < 1.29 is 9.90 Å². The summed E-state index contributed by atoms with van der Waals surface area (Å²) in [7, 11) is 0. The molecular formula is C9H16O2. The fourth-order valence-electron chi connectivity index (χ4n) is 0.750. The van der Waals surface area contributed by atoms with Crippen molar-refractivity contribution in [3.8, 4) is 0 Å². The Morgan fingerprint density at radius 1 is 1.55 bits per heavy atom. The molecule has 0 amide bonds. The fraction of sp³-hybridized carbons (Fsp3) is 0.667. The Bertz CT molecular complexity index is 178. The molecule has 0 rings (SSSR count). The second-order valence-electron chi connectivity index (χ2n) is 3.47. The molecule has 64 valence electrons. The summed E-state index contributed by atoms with van der Waals surface area (Å²) < 4.78 is 0. The summed E-state index contributed by atoms with van der Waals surface area (Å²) in [5.74, 6) is -0.827. The fourth-order valence-corrected chi connectivity index (χ4v) is 0.750. The Kier molecular flexibility index (Phi) is 3.30. The highest BCUT2D eigenvalue weighted by Crippen LogP contribution is 2.22. The SMILES string of the molecule is CCC(C)(C)/C=C(\C)C(=O)O. The topological polar surface area (TPSA) is 37.3 Å². The highest BCUT2D eigenvalue weighted by molar-refractivity contribution is 5.85. The zero-order valence-electron chi connectivity index (χ0n) is 7.64. The van der Waals surface area contributed by atoms with Crippen LogP contribution in [0.2, 0.25) is 0 Å². The monoisotopic (exact) mass is 156 g/mol. The van der Waals surface area contributed by atoms with E-state index in [9.17, 15) is 4.79 Å². The van der Waals surface area contributed by atoms with Crippen molar-refractivity contribution in [3.05, 3.63) is 11.6 Å². The van der Waals surface area contributed by atoms with E-state index >= 15 is 0 Å². The summed E-state index contributed by atoms with van der Waals surface area (Å²) in [6, 6.07) is 0. The maximum atomic E-state index is 10.4. The third kappa shape index (κ3) is 3.81. The van der Waals surface area contributed by atoms with Gasteiger partial charge in [-0.3, -0.25) is 0 Å². The van der Waals surface area contributed by atoms with Gasteiger partial charge < -0.3 is 5.11 Å². The number of hydrogen-bond acceptors (Lipinski definition) is 1. The average Bonchev–Trinajstić information content (AvgIpc) is 1.87. The number of allylic oxidation sites excluding steroid dienone is 1. The van der Waals surface area contributed by atoms with E-state index in [4.69, 9.17) is 5.11 Å². The second-order valence-corrected chi connectivity index (χ2v) is 3.47. The summed E-state index contributed by atoms with van der Waals surface area (Å²) in [6.07, 6.45) is 2.76. The molecule has 0 aliphatic heterocycles. The molecule has 0 aromatic heterocycles. The predicted octanol–water partition coefficient (Wildman–Crippen LogP) is 2.45. The van der Waals surface area contributed by atoms with E-state index in [0.717, 1.165) is 6.42 Å². The van der Waals surface area contributed by atoms with Gasteiger partial charge in [-0.2, -0.15) is 0 Å². The van der Waals surface area contributed by atoms with Gasteiger partial charge in [0.15, 0.2) is 0 Å². The van der Waals surface area contributed by atoms with Crippen molar-refractivity contribution in [1.29, 1.82) is 0 Å². The van der Waals surface area contributed by atoms with E-state index in [1.807, 2.05) is 20.8 Å². The molecule has 0 spiro atoms. The first-order valence-electron chi connectivity index (χ1n) is 3.82. The molecule has 2 nitrogen and oxygen atoms in total. The van der Waals surface area contributed by atoms with Crippen molar-refractivity contribution in [1.82, 2.24) is 0 Å². The lowest BCUT2D eigenvalue weighted by Gasteiger charge is -2.17. The van der Waals surface area contributed by atoms with Crippen LogP contribution in [0.4, 0.5) is 0 Å². The maximum absolute atomic E-state index is 10.4. The van der Waals surface area contributed by atoms with Gasteiger partial charge in [0.2, 0.25) is 0 Å². The van der Waals surface area contributed by atoms with Gasteiger partial charge in [-0.25, -0.2) is 4.79 Å². The minimum atomic E-state index is -0.827. The summed E-state index contributed by atoms with van der Waals surface area (Å²) >= 11 is 0. The Morgan fingerprint density at radius 2 is 2.00 bits per heavy atom. The van der Waals surface area contributed by atoms with Gasteiger partial charge in [0.05, 0.1) is 0 Å². The molecule has 0 heterocycles. The van der Waals surface area contributed by atoms with Crippen LogP contribution in [-0.4, -0.2) is 11.1 Å². The van der Waals surface area contributed by atoms with E-state index in [1.165, 1.54) is 0 Å². The molecule has 0 radical (unpaired) electrons. The zero-order valence-corrected chi connectivity index (χ0v) is 7.64. The van der Waals surface area contributed by atoms with Gasteiger partial charge in [0.25, 0.3) is 0 Å². The first-order chi connectivity index (χ1) is 4.89. The van der Waals surface area contributed by atoms with Crippen LogP contribution < -0.4 is 0 Å². The molecule has 0 aromatic rings. The molecule has 0 aromatic carbocycles. The molecule has 0 saturated carbocycles. The Hall–Kier alpha value is -0.790. The van der Waals surface area contributed by atoms with Gasteiger partial charge in [0.1, 0.15) is 0 Å². The lowest BCUT2D eigenvalue weighted by atomic mass is 9.88. The number of aliphatic carboxylic acids is 1. The first-order valence-corrected chi connectivity index (χ1v) is 3.82. The van der Waals surface area contributed by atoms with E-state index in [-0.39, 0.29) is 5.41 Å². The first kappa shape index (κ1) is 10.2. The van der Waals surface area contributed by atoms with Crippen LogP contribution in [0.5, 0.6) is 0 Å². The summed E-state index contributed by atoms with van der Waals surface area (Å²) in [6.45, 7) is 7.73. The molecule has 2 heteroatoms.